The first-order chi connectivity index (χ1) is 8.54. The average Bonchev–Trinajstić information content (AvgIpc) is 3.32. The Morgan fingerprint density at radius 3 is 2.00 bits per heavy atom. The van der Waals surface area contributed by atoms with Gasteiger partial charge in [0.05, 0.1) is 0 Å². The fraction of sp³-hybridized carbons (Fsp3) is 0.667. The van der Waals surface area contributed by atoms with Gasteiger partial charge < -0.3 is 0 Å². The second-order valence-corrected chi connectivity index (χ2v) is 34.6. The Kier molecular flexibility index (Phi) is 0.186. The van der Waals surface area contributed by atoms with Gasteiger partial charge in [-0.3, -0.25) is 0 Å². The standard InChI is InChI=1S/C10H7FN.C5H5.Fe/c11-9-5-6-12-10(7-9)8-3-1-2-4-8;1-2-4-5-3-1;/h1-7H;1-5H;. The zero-order valence-corrected chi connectivity index (χ0v) is 10.7. The van der Waals surface area contributed by atoms with Crippen LogP contribution in [0.15, 0.2) is 18.3 Å². The van der Waals surface area contributed by atoms with E-state index in [4.69, 9.17) is 4.98 Å². The maximum atomic E-state index is 13.7. The summed E-state index contributed by atoms with van der Waals surface area (Å²) in [6, 6.07) is 3.38. The molecule has 0 bridgehead atoms. The van der Waals surface area contributed by atoms with Gasteiger partial charge in [0.1, 0.15) is 0 Å². The van der Waals surface area contributed by atoms with E-state index in [1.165, 1.54) is 55.1 Å². The van der Waals surface area contributed by atoms with E-state index >= 15 is 0 Å². The fourth-order valence-electron chi connectivity index (χ4n) is 17.5. The number of halogens is 1. The number of hydrogen-bond acceptors (Lipinski definition) is 1. The topological polar surface area (TPSA) is 12.9 Å². The van der Waals surface area contributed by atoms with E-state index in [1.54, 1.807) is 6.20 Å². The van der Waals surface area contributed by atoms with Crippen molar-refractivity contribution in [2.75, 3.05) is 0 Å². The average molecular weight is 281 g/mol. The Morgan fingerprint density at radius 1 is 1.00 bits per heavy atom. The Bertz CT molecular complexity index is 1090. The Morgan fingerprint density at radius 2 is 1.61 bits per heavy atom. The van der Waals surface area contributed by atoms with E-state index in [9.17, 15) is 4.39 Å². The molecule has 10 aliphatic heterocycles. The van der Waals surface area contributed by atoms with Crippen LogP contribution >= 0.6 is 0 Å². The molecule has 10 fully saturated rings. The van der Waals surface area contributed by atoms with Crippen LogP contribution in [0.3, 0.4) is 0 Å². The van der Waals surface area contributed by atoms with Crippen molar-refractivity contribution in [3.8, 4) is 0 Å². The summed E-state index contributed by atoms with van der Waals surface area (Å²) in [4.78, 5) is 16.3. The Hall–Kier alpha value is -0.401. The van der Waals surface area contributed by atoms with Crippen LogP contribution in [-0.4, -0.2) is 4.98 Å². The first kappa shape index (κ1) is 6.37. The van der Waals surface area contributed by atoms with Crippen molar-refractivity contribution < 1.29 is 10.9 Å². The molecule has 3 heteroatoms. The molecule has 11 heterocycles. The van der Waals surface area contributed by atoms with Crippen LogP contribution in [0.1, 0.15) is 5.69 Å². The summed E-state index contributed by atoms with van der Waals surface area (Å²) in [5.41, 5.74) is 1.27. The van der Waals surface area contributed by atoms with Gasteiger partial charge in [0, 0.05) is 0 Å². The zero-order chi connectivity index (χ0) is 11.0. The molecule has 0 aliphatic carbocycles. The molecule has 11 rings (SSSR count). The van der Waals surface area contributed by atoms with Gasteiger partial charge in [-0.05, 0) is 0 Å². The zero-order valence-electron chi connectivity index (χ0n) is 9.61. The van der Waals surface area contributed by atoms with Crippen molar-refractivity contribution in [3.63, 3.8) is 0 Å². The molecule has 4 unspecified atom stereocenters. The molecule has 0 saturated carbocycles. The minimum atomic E-state index is -3.07. The molecule has 4 atom stereocenters. The molecule has 0 aromatic carbocycles. The van der Waals surface area contributed by atoms with E-state index in [0.717, 1.165) is 0 Å². The Balaban J connectivity index is 1.58. The Labute approximate surface area is 93.5 Å². The van der Waals surface area contributed by atoms with Gasteiger partial charge in [0.2, 0.25) is 0 Å². The molecule has 0 radical (unpaired) electrons. The first-order valence-corrected chi connectivity index (χ1v) is 13.7. The minimum absolute atomic E-state index is 0.0315. The van der Waals surface area contributed by atoms with Crippen LogP contribution in [0.2, 0.25) is 43.3 Å². The third-order valence-corrected chi connectivity index (χ3v) is 58.1. The van der Waals surface area contributed by atoms with Crippen molar-refractivity contribution in [1.82, 2.24) is 4.98 Å². The van der Waals surface area contributed by atoms with Crippen LogP contribution in [0.5, 0.6) is 0 Å². The van der Waals surface area contributed by atoms with Crippen molar-refractivity contribution in [2.45, 2.75) is 47.7 Å². The van der Waals surface area contributed by atoms with Gasteiger partial charge in [-0.15, -0.1) is 0 Å². The number of aromatic nitrogens is 1. The summed E-state index contributed by atoms with van der Waals surface area (Å²) in [7, 11) is 0. The predicted molar refractivity (Wildman–Crippen MR) is 59.6 cm³/mol. The molecule has 10 aliphatic rings. The van der Waals surface area contributed by atoms with E-state index in [1.807, 2.05) is 6.07 Å². The summed E-state index contributed by atoms with van der Waals surface area (Å²) >= 11 is 0. The monoisotopic (exact) mass is 281 g/mol. The molecular weight excluding hydrogens is 269 g/mol. The van der Waals surface area contributed by atoms with E-state index < -0.39 is 6.51 Å². The number of rotatable bonds is 1. The molecule has 0 amide bonds. The van der Waals surface area contributed by atoms with Gasteiger partial charge in [-0.2, -0.15) is 0 Å². The quantitative estimate of drug-likeness (QED) is 0.708. The van der Waals surface area contributed by atoms with E-state index in [-0.39, 0.29) is 5.82 Å². The molecule has 1 nitrogen and oxygen atoms in total. The van der Waals surface area contributed by atoms with Gasteiger partial charge in [-0.25, -0.2) is 0 Å². The van der Waals surface area contributed by atoms with Crippen LogP contribution < -0.4 is 0 Å². The molecular formula is C15H12FFeN. The molecule has 10 saturated heterocycles. The molecule has 0 N–H and O–H groups in total. The van der Waals surface area contributed by atoms with Crippen LogP contribution in [-0.2, 0) is 10.8 Å². The fourth-order valence-corrected chi connectivity index (χ4v) is 91.5. The number of nitrogens with zero attached hydrogens (tertiary/aromatic N) is 1. The molecule has 1 aromatic rings. The summed E-state index contributed by atoms with van der Waals surface area (Å²) in [5.74, 6) is -0.0315. The molecule has 92 valence electrons. The van der Waals surface area contributed by atoms with Crippen molar-refractivity contribution in [2.24, 2.45) is 0 Å². The second-order valence-electron chi connectivity index (χ2n) is 11.0. The summed E-state index contributed by atoms with van der Waals surface area (Å²) in [6.45, 7) is -3.07. The molecule has 18 heavy (non-hydrogen) atoms. The first-order valence-electron chi connectivity index (χ1n) is 7.38. The third-order valence-electron chi connectivity index (χ3n) is 15.8. The van der Waals surface area contributed by atoms with Crippen LogP contribution in [0.25, 0.3) is 0 Å². The predicted octanol–water partition coefficient (Wildman–Crippen LogP) is 4.02. The van der Waals surface area contributed by atoms with Gasteiger partial charge in [0.25, 0.3) is 0 Å². The van der Waals surface area contributed by atoms with Gasteiger partial charge in [-0.1, -0.05) is 0 Å². The SMILES string of the molecule is Fc1ccnc([C]23[CH]4[CH]5[CH]6[CH]2[Fe]56432789[CH]3[CH]2[CH]7[CH]8[CH]39)c1. The molecule has 1 spiro atoms. The third kappa shape index (κ3) is 0.0636. The van der Waals surface area contributed by atoms with E-state index in [0.29, 0.717) is 4.31 Å². The summed E-state index contributed by atoms with van der Waals surface area (Å²) < 4.78 is 14.3. The van der Waals surface area contributed by atoms with Crippen LogP contribution in [0.4, 0.5) is 4.39 Å². The summed E-state index contributed by atoms with van der Waals surface area (Å²) in [6.07, 6.45) is 1.75. The van der Waals surface area contributed by atoms with Crippen LogP contribution in [0, 0.1) is 5.82 Å². The second kappa shape index (κ2) is 0.526. The molecule has 1 aromatic heterocycles. The van der Waals surface area contributed by atoms with Crippen molar-refractivity contribution >= 4 is 0 Å². The van der Waals surface area contributed by atoms with E-state index in [2.05, 4.69) is 0 Å². The van der Waals surface area contributed by atoms with Gasteiger partial charge >= 0.3 is 93.4 Å². The normalized spacial score (nSPS) is 113. The summed E-state index contributed by atoms with van der Waals surface area (Å²) in [5, 5.41) is 0. The van der Waals surface area contributed by atoms with Crippen molar-refractivity contribution in [3.05, 3.63) is 29.8 Å². The maximum absolute atomic E-state index is 13.7. The van der Waals surface area contributed by atoms with Gasteiger partial charge in [0.15, 0.2) is 0 Å². The number of hydrogen-bond donors (Lipinski definition) is 0. The number of pyridine rings is 1. The number of fused-ring (bicyclic) bond motifs is 10. The van der Waals surface area contributed by atoms with Crippen molar-refractivity contribution in [1.29, 1.82) is 0 Å².